The molecule has 1 aliphatic heterocycles. The van der Waals surface area contributed by atoms with Gasteiger partial charge < -0.3 is 0 Å². The van der Waals surface area contributed by atoms with Crippen molar-refractivity contribution in [2.24, 2.45) is 5.10 Å². The molecule has 0 saturated heterocycles. The maximum atomic E-state index is 14.3. The van der Waals surface area contributed by atoms with Crippen molar-refractivity contribution in [2.45, 2.75) is 12.5 Å². The number of hydrogen-bond donors (Lipinski definition) is 0. The third-order valence-corrected chi connectivity index (χ3v) is 5.64. The number of halogens is 1. The van der Waals surface area contributed by atoms with E-state index in [9.17, 15) is 9.18 Å². The minimum absolute atomic E-state index is 0.00778. The summed E-state index contributed by atoms with van der Waals surface area (Å²) in [7, 11) is 0. The van der Waals surface area contributed by atoms with Gasteiger partial charge in [0.25, 0.3) is 5.91 Å². The average molecular weight is 402 g/mol. The van der Waals surface area contributed by atoms with E-state index < -0.39 is 11.7 Å². The molecular weight excluding hydrogens is 387 g/mol. The first-order valence-electron chi connectivity index (χ1n) is 9.09. The van der Waals surface area contributed by atoms with Crippen LogP contribution in [0.15, 0.2) is 76.8 Å². The Balaban J connectivity index is 1.58. The van der Waals surface area contributed by atoms with Gasteiger partial charge in [0, 0.05) is 24.4 Å². The molecule has 2 aromatic heterocycles. The van der Waals surface area contributed by atoms with Crippen molar-refractivity contribution >= 4 is 34.0 Å². The van der Waals surface area contributed by atoms with Gasteiger partial charge in [-0.25, -0.2) is 9.40 Å². The van der Waals surface area contributed by atoms with Crippen LogP contribution in [0.4, 0.5) is 4.39 Å². The highest BCUT2D eigenvalue weighted by Gasteiger charge is 2.34. The molecule has 5 nitrogen and oxygen atoms in total. The minimum atomic E-state index is -0.556. The molecular formula is C22H15FN4OS. The Bertz CT molecular complexity index is 1240. The second kappa shape index (κ2) is 7.18. The summed E-state index contributed by atoms with van der Waals surface area (Å²) in [6.07, 6.45) is 3.82. The summed E-state index contributed by atoms with van der Waals surface area (Å²) in [6, 6.07) is 13.3. The van der Waals surface area contributed by atoms with Gasteiger partial charge in [-0.05, 0) is 46.7 Å². The fraction of sp³-hybridized carbons (Fsp3) is 0.0909. The van der Waals surface area contributed by atoms with Gasteiger partial charge in [0.2, 0.25) is 0 Å². The predicted molar refractivity (Wildman–Crippen MR) is 110 cm³/mol. The van der Waals surface area contributed by atoms with Crippen molar-refractivity contribution in [3.8, 4) is 0 Å². The molecule has 0 aliphatic carbocycles. The molecule has 0 fully saturated rings. The van der Waals surface area contributed by atoms with E-state index in [0.717, 1.165) is 27.9 Å². The van der Waals surface area contributed by atoms with Crippen molar-refractivity contribution < 1.29 is 9.18 Å². The second-order valence-electron chi connectivity index (χ2n) is 6.71. The first-order chi connectivity index (χ1) is 14.2. The summed E-state index contributed by atoms with van der Waals surface area (Å²) in [5.74, 6) is -1.02. The van der Waals surface area contributed by atoms with Crippen LogP contribution in [-0.4, -0.2) is 26.6 Å². The van der Waals surface area contributed by atoms with Crippen LogP contribution in [0.3, 0.4) is 0 Å². The van der Waals surface area contributed by atoms with Crippen LogP contribution in [0.25, 0.3) is 11.0 Å². The van der Waals surface area contributed by atoms with Crippen LogP contribution in [-0.2, 0) is 0 Å². The van der Waals surface area contributed by atoms with Crippen LogP contribution >= 0.6 is 11.3 Å². The van der Waals surface area contributed by atoms with Gasteiger partial charge in [0.15, 0.2) is 0 Å². The Morgan fingerprint density at radius 2 is 1.90 bits per heavy atom. The largest absolute Gasteiger partial charge is 0.277 e. The van der Waals surface area contributed by atoms with Gasteiger partial charge in [-0.1, -0.05) is 18.2 Å². The minimum Gasteiger partial charge on any atom is -0.267 e. The van der Waals surface area contributed by atoms with E-state index in [1.54, 1.807) is 35.9 Å². The van der Waals surface area contributed by atoms with Crippen LogP contribution in [0.2, 0.25) is 0 Å². The third kappa shape index (κ3) is 3.19. The van der Waals surface area contributed by atoms with Crippen LogP contribution in [0, 0.1) is 5.82 Å². The second-order valence-corrected chi connectivity index (χ2v) is 7.49. The summed E-state index contributed by atoms with van der Waals surface area (Å²) in [6.45, 7) is 0. The van der Waals surface area contributed by atoms with Crippen LogP contribution < -0.4 is 0 Å². The molecule has 1 atom stereocenters. The Labute approximate surface area is 170 Å². The number of hydrazone groups is 1. The van der Waals surface area contributed by atoms with E-state index in [4.69, 9.17) is 0 Å². The highest BCUT2D eigenvalue weighted by atomic mass is 32.1. The Morgan fingerprint density at radius 3 is 2.69 bits per heavy atom. The molecule has 0 saturated carbocycles. The van der Waals surface area contributed by atoms with Gasteiger partial charge in [-0.2, -0.15) is 16.4 Å². The van der Waals surface area contributed by atoms with Crippen LogP contribution in [0.5, 0.6) is 0 Å². The van der Waals surface area contributed by atoms with Crippen LogP contribution in [0.1, 0.15) is 33.9 Å². The number of carbonyl (C=O) groups is 1. The Kier molecular flexibility index (Phi) is 4.37. The molecule has 0 bridgehead atoms. The van der Waals surface area contributed by atoms with E-state index in [1.807, 2.05) is 35.0 Å². The summed E-state index contributed by atoms with van der Waals surface area (Å²) < 4.78 is 14.3. The van der Waals surface area contributed by atoms with Crippen molar-refractivity contribution in [1.82, 2.24) is 15.0 Å². The van der Waals surface area contributed by atoms with E-state index in [-0.39, 0.29) is 11.6 Å². The standard InChI is InChI=1S/C22H15FN4OS/c23-17-4-2-1-3-16(17)22(28)27-21(12-19(26-27)15-7-10-29-13-15)14-5-6-18-20(11-14)25-9-8-24-18/h1-11,13,21H,12H2/t21-/m0/s1. The molecule has 4 aromatic rings. The number of nitrogens with zero attached hydrogens (tertiary/aromatic N) is 4. The number of benzene rings is 2. The van der Waals surface area contributed by atoms with E-state index in [0.29, 0.717) is 6.42 Å². The smallest absolute Gasteiger partial charge is 0.267 e. The predicted octanol–water partition coefficient (Wildman–Crippen LogP) is 4.82. The third-order valence-electron chi connectivity index (χ3n) is 4.96. The molecule has 5 rings (SSSR count). The van der Waals surface area contributed by atoms with Gasteiger partial charge in [-0.15, -0.1) is 0 Å². The average Bonchev–Trinajstić information content (AvgIpc) is 3.43. The van der Waals surface area contributed by atoms with Gasteiger partial charge in [0.05, 0.1) is 28.4 Å². The molecule has 2 aromatic carbocycles. The zero-order valence-electron chi connectivity index (χ0n) is 15.2. The number of hydrogen-bond acceptors (Lipinski definition) is 5. The molecule has 1 amide bonds. The summed E-state index contributed by atoms with van der Waals surface area (Å²) in [5, 5.41) is 9.95. The normalized spacial score (nSPS) is 16.2. The van der Waals surface area contributed by atoms with E-state index >= 15 is 0 Å². The number of thiophene rings is 1. The lowest BCUT2D eigenvalue weighted by Gasteiger charge is -2.22. The van der Waals surface area contributed by atoms with Gasteiger partial charge in [-0.3, -0.25) is 14.8 Å². The lowest BCUT2D eigenvalue weighted by atomic mass is 9.98. The lowest BCUT2D eigenvalue weighted by Crippen LogP contribution is -2.27. The maximum Gasteiger partial charge on any atom is 0.277 e. The number of aromatic nitrogens is 2. The molecule has 29 heavy (non-hydrogen) atoms. The first-order valence-corrected chi connectivity index (χ1v) is 10.0. The quantitative estimate of drug-likeness (QED) is 0.494. The molecule has 0 spiro atoms. The molecule has 3 heterocycles. The van der Waals surface area contributed by atoms with Crippen molar-refractivity contribution in [2.75, 3.05) is 0 Å². The summed E-state index contributed by atoms with van der Waals surface area (Å²) in [4.78, 5) is 21.8. The molecule has 142 valence electrons. The summed E-state index contributed by atoms with van der Waals surface area (Å²) in [5.41, 5.74) is 4.20. The van der Waals surface area contributed by atoms with E-state index in [1.165, 1.54) is 17.1 Å². The summed E-state index contributed by atoms with van der Waals surface area (Å²) >= 11 is 1.57. The lowest BCUT2D eigenvalue weighted by molar-refractivity contribution is 0.0706. The van der Waals surface area contributed by atoms with Crippen molar-refractivity contribution in [1.29, 1.82) is 0 Å². The zero-order valence-corrected chi connectivity index (χ0v) is 16.0. The molecule has 0 N–H and O–H groups in total. The van der Waals surface area contributed by atoms with Gasteiger partial charge in [0.1, 0.15) is 5.82 Å². The molecule has 0 radical (unpaired) electrons. The fourth-order valence-corrected chi connectivity index (χ4v) is 4.17. The van der Waals surface area contributed by atoms with E-state index in [2.05, 4.69) is 15.1 Å². The highest BCUT2D eigenvalue weighted by molar-refractivity contribution is 7.08. The number of fused-ring (bicyclic) bond motifs is 1. The Hall–Kier alpha value is -3.45. The fourth-order valence-electron chi connectivity index (χ4n) is 3.51. The number of amides is 1. The number of carbonyl (C=O) groups excluding carboxylic acids is 1. The maximum absolute atomic E-state index is 14.3. The number of rotatable bonds is 3. The van der Waals surface area contributed by atoms with Crippen molar-refractivity contribution in [3.05, 3.63) is 94.2 Å². The topological polar surface area (TPSA) is 58.5 Å². The highest BCUT2D eigenvalue weighted by Crippen LogP contribution is 2.35. The zero-order chi connectivity index (χ0) is 19.8. The van der Waals surface area contributed by atoms with Gasteiger partial charge >= 0.3 is 0 Å². The molecule has 7 heteroatoms. The SMILES string of the molecule is O=C(c1ccccc1F)N1N=C(c2ccsc2)C[C@H]1c1ccc2nccnc2c1. The monoisotopic (exact) mass is 402 g/mol. The molecule has 1 aliphatic rings. The van der Waals surface area contributed by atoms with Crippen molar-refractivity contribution in [3.63, 3.8) is 0 Å². The first kappa shape index (κ1) is 17.6. The Morgan fingerprint density at radius 1 is 1.07 bits per heavy atom. The molecule has 0 unspecified atom stereocenters.